The maximum Gasteiger partial charge on any atom is 0.228 e. The van der Waals surface area contributed by atoms with Crippen molar-refractivity contribution in [3.63, 3.8) is 0 Å². The lowest BCUT2D eigenvalue weighted by molar-refractivity contribution is 0.122. The molecule has 5 nitrogen and oxygen atoms in total. The number of aromatic nitrogens is 2. The molecule has 0 atom stereocenters. The van der Waals surface area contributed by atoms with Crippen LogP contribution in [-0.2, 0) is 11.3 Å². The third kappa shape index (κ3) is 4.22. The third-order valence-electron chi connectivity index (χ3n) is 5.23. The first-order valence-electron chi connectivity index (χ1n) is 10.0. The SMILES string of the molecule is Fc1ccc(CNc2nc(N3CCOCC3)nc3cc(-c4cccs4)ccc23)cc1F. The van der Waals surface area contributed by atoms with Crippen LogP contribution < -0.4 is 10.2 Å². The van der Waals surface area contributed by atoms with Gasteiger partial charge in [-0.3, -0.25) is 0 Å². The van der Waals surface area contributed by atoms with E-state index >= 15 is 0 Å². The van der Waals surface area contributed by atoms with E-state index in [4.69, 9.17) is 14.7 Å². The molecular formula is C23H20F2N4OS. The maximum absolute atomic E-state index is 13.6. The van der Waals surface area contributed by atoms with Crippen molar-refractivity contribution >= 4 is 34.0 Å². The average molecular weight is 439 g/mol. The zero-order valence-corrected chi connectivity index (χ0v) is 17.5. The van der Waals surface area contributed by atoms with Gasteiger partial charge in [0, 0.05) is 29.9 Å². The number of thiophene rings is 1. The fourth-order valence-corrected chi connectivity index (χ4v) is 4.31. The van der Waals surface area contributed by atoms with Gasteiger partial charge in [-0.05, 0) is 46.8 Å². The lowest BCUT2D eigenvalue weighted by atomic mass is 10.1. The molecule has 4 aromatic rings. The van der Waals surface area contributed by atoms with Crippen LogP contribution in [0.15, 0.2) is 53.9 Å². The normalized spacial score (nSPS) is 14.2. The molecule has 1 N–H and O–H groups in total. The number of hydrogen-bond donors (Lipinski definition) is 1. The number of fused-ring (bicyclic) bond motifs is 1. The van der Waals surface area contributed by atoms with Crippen LogP contribution in [0.3, 0.4) is 0 Å². The van der Waals surface area contributed by atoms with Crippen molar-refractivity contribution < 1.29 is 13.5 Å². The van der Waals surface area contributed by atoms with E-state index in [0.29, 0.717) is 37.1 Å². The van der Waals surface area contributed by atoms with E-state index in [1.165, 1.54) is 10.9 Å². The summed E-state index contributed by atoms with van der Waals surface area (Å²) < 4.78 is 32.3. The Kier molecular flexibility index (Phi) is 5.48. The van der Waals surface area contributed by atoms with Crippen molar-refractivity contribution in [1.29, 1.82) is 0 Å². The zero-order valence-electron chi connectivity index (χ0n) is 16.6. The van der Waals surface area contributed by atoms with Crippen LogP contribution in [0.5, 0.6) is 0 Å². The van der Waals surface area contributed by atoms with E-state index in [2.05, 4.69) is 28.4 Å². The maximum atomic E-state index is 13.6. The summed E-state index contributed by atoms with van der Waals surface area (Å²) in [4.78, 5) is 12.9. The molecule has 0 unspecified atom stereocenters. The highest BCUT2D eigenvalue weighted by molar-refractivity contribution is 7.13. The standard InChI is InChI=1S/C23H20F2N4OS/c24-18-6-3-15(12-19(18)25)14-26-22-17-5-4-16(21-2-1-11-31-21)13-20(17)27-23(28-22)29-7-9-30-10-8-29/h1-6,11-13H,7-10,14H2,(H,26,27,28). The molecule has 1 fully saturated rings. The predicted octanol–water partition coefficient (Wildman–Crippen LogP) is 5.09. The molecule has 1 aliphatic rings. The van der Waals surface area contributed by atoms with Gasteiger partial charge in [-0.15, -0.1) is 11.3 Å². The second-order valence-electron chi connectivity index (χ2n) is 7.28. The van der Waals surface area contributed by atoms with Crippen molar-refractivity contribution in [1.82, 2.24) is 9.97 Å². The number of nitrogens with one attached hydrogen (secondary N) is 1. The van der Waals surface area contributed by atoms with Crippen LogP contribution in [0, 0.1) is 11.6 Å². The second-order valence-corrected chi connectivity index (χ2v) is 8.23. The Morgan fingerprint density at radius 2 is 1.87 bits per heavy atom. The molecule has 2 aromatic carbocycles. The quantitative estimate of drug-likeness (QED) is 0.471. The minimum Gasteiger partial charge on any atom is -0.378 e. The van der Waals surface area contributed by atoms with E-state index in [-0.39, 0.29) is 0 Å². The van der Waals surface area contributed by atoms with Crippen LogP contribution >= 0.6 is 11.3 Å². The number of benzene rings is 2. The third-order valence-corrected chi connectivity index (χ3v) is 6.15. The van der Waals surface area contributed by atoms with Gasteiger partial charge in [0.1, 0.15) is 5.82 Å². The summed E-state index contributed by atoms with van der Waals surface area (Å²) in [5.41, 5.74) is 2.56. The summed E-state index contributed by atoms with van der Waals surface area (Å²) in [5.74, 6) is -0.422. The molecule has 0 aliphatic carbocycles. The summed E-state index contributed by atoms with van der Waals surface area (Å²) in [6.45, 7) is 3.03. The molecule has 1 aliphatic heterocycles. The molecular weight excluding hydrogens is 418 g/mol. The molecule has 2 aromatic heterocycles. The minimum absolute atomic E-state index is 0.318. The number of nitrogens with zero attached hydrogens (tertiary/aromatic N) is 3. The molecule has 5 rings (SSSR count). The highest BCUT2D eigenvalue weighted by Crippen LogP contribution is 2.31. The zero-order chi connectivity index (χ0) is 21.2. The van der Waals surface area contributed by atoms with Crippen LogP contribution in [0.25, 0.3) is 21.3 Å². The van der Waals surface area contributed by atoms with Crippen molar-refractivity contribution in [2.24, 2.45) is 0 Å². The Labute approximate surface area is 182 Å². The summed E-state index contributed by atoms with van der Waals surface area (Å²) in [5, 5.41) is 6.21. The van der Waals surface area contributed by atoms with Crippen molar-refractivity contribution in [2.75, 3.05) is 36.5 Å². The molecule has 3 heterocycles. The number of anilines is 2. The minimum atomic E-state index is -0.860. The monoisotopic (exact) mass is 438 g/mol. The molecule has 8 heteroatoms. The summed E-state index contributed by atoms with van der Waals surface area (Å²) >= 11 is 1.68. The highest BCUT2D eigenvalue weighted by Gasteiger charge is 2.17. The number of rotatable bonds is 5. The van der Waals surface area contributed by atoms with E-state index < -0.39 is 11.6 Å². The molecule has 158 valence electrons. The van der Waals surface area contributed by atoms with Gasteiger partial charge in [0.2, 0.25) is 5.95 Å². The molecule has 0 bridgehead atoms. The molecule has 1 saturated heterocycles. The Morgan fingerprint density at radius 3 is 2.65 bits per heavy atom. The molecule has 31 heavy (non-hydrogen) atoms. The van der Waals surface area contributed by atoms with Gasteiger partial charge < -0.3 is 15.0 Å². The van der Waals surface area contributed by atoms with E-state index in [1.54, 1.807) is 17.4 Å². The summed E-state index contributed by atoms with van der Waals surface area (Å²) in [6.07, 6.45) is 0. The Bertz CT molecular complexity index is 1210. The fourth-order valence-electron chi connectivity index (χ4n) is 3.59. The van der Waals surface area contributed by atoms with Gasteiger partial charge in [0.15, 0.2) is 11.6 Å². The molecule has 0 spiro atoms. The van der Waals surface area contributed by atoms with Crippen LogP contribution in [0.4, 0.5) is 20.5 Å². The second kappa shape index (κ2) is 8.56. The number of ether oxygens (including phenoxy) is 1. The fraction of sp³-hybridized carbons (Fsp3) is 0.217. The highest BCUT2D eigenvalue weighted by atomic mass is 32.1. The molecule has 0 saturated carbocycles. The van der Waals surface area contributed by atoms with Gasteiger partial charge in [-0.25, -0.2) is 13.8 Å². The van der Waals surface area contributed by atoms with Gasteiger partial charge in [-0.1, -0.05) is 18.2 Å². The first-order valence-corrected chi connectivity index (χ1v) is 10.9. The Morgan fingerprint density at radius 1 is 1.00 bits per heavy atom. The van der Waals surface area contributed by atoms with E-state index in [1.807, 2.05) is 17.5 Å². The lowest BCUT2D eigenvalue weighted by Gasteiger charge is -2.27. The van der Waals surface area contributed by atoms with Crippen LogP contribution in [-0.4, -0.2) is 36.3 Å². The van der Waals surface area contributed by atoms with Crippen molar-refractivity contribution in [2.45, 2.75) is 6.54 Å². The topological polar surface area (TPSA) is 50.3 Å². The largest absolute Gasteiger partial charge is 0.378 e. The smallest absolute Gasteiger partial charge is 0.228 e. The molecule has 0 amide bonds. The Balaban J connectivity index is 1.53. The number of morpholine rings is 1. The van der Waals surface area contributed by atoms with Gasteiger partial charge in [0.25, 0.3) is 0 Å². The number of halogens is 2. The van der Waals surface area contributed by atoms with E-state index in [0.717, 1.165) is 35.6 Å². The van der Waals surface area contributed by atoms with Gasteiger partial charge >= 0.3 is 0 Å². The predicted molar refractivity (Wildman–Crippen MR) is 120 cm³/mol. The van der Waals surface area contributed by atoms with Crippen molar-refractivity contribution in [3.8, 4) is 10.4 Å². The summed E-state index contributed by atoms with van der Waals surface area (Å²) in [6, 6.07) is 14.1. The lowest BCUT2D eigenvalue weighted by Crippen LogP contribution is -2.37. The Hall–Kier alpha value is -3.10. The first-order chi connectivity index (χ1) is 15.2. The van der Waals surface area contributed by atoms with Crippen molar-refractivity contribution in [3.05, 3.63) is 71.1 Å². The van der Waals surface area contributed by atoms with Gasteiger partial charge in [0.05, 0.1) is 18.7 Å². The van der Waals surface area contributed by atoms with Crippen LogP contribution in [0.2, 0.25) is 0 Å². The van der Waals surface area contributed by atoms with E-state index in [9.17, 15) is 8.78 Å². The first kappa shape index (κ1) is 19.8. The average Bonchev–Trinajstić information content (AvgIpc) is 3.35. The van der Waals surface area contributed by atoms with Crippen LogP contribution in [0.1, 0.15) is 5.56 Å². The summed E-state index contributed by atoms with van der Waals surface area (Å²) in [7, 11) is 0. The van der Waals surface area contributed by atoms with Gasteiger partial charge in [-0.2, -0.15) is 4.98 Å². The number of hydrogen-bond acceptors (Lipinski definition) is 6. The molecule has 0 radical (unpaired) electrons.